The third-order valence-corrected chi connectivity index (χ3v) is 8.24. The van der Waals surface area contributed by atoms with Crippen molar-refractivity contribution in [1.82, 2.24) is 19.3 Å². The molecule has 190 valence electrons. The molecule has 1 saturated heterocycles. The first kappa shape index (κ1) is 24.5. The van der Waals surface area contributed by atoms with Crippen LogP contribution in [0, 0.1) is 11.3 Å². The molecule has 36 heavy (non-hydrogen) atoms. The largest absolute Gasteiger partial charge is 0.378 e. The lowest BCUT2D eigenvalue weighted by molar-refractivity contribution is 0.122. The van der Waals surface area contributed by atoms with Gasteiger partial charge in [0.15, 0.2) is 5.82 Å². The van der Waals surface area contributed by atoms with E-state index in [1.807, 2.05) is 16.9 Å². The highest BCUT2D eigenvalue weighted by Crippen LogP contribution is 2.42. The average molecular weight is 517 g/mol. The van der Waals surface area contributed by atoms with Crippen molar-refractivity contribution in [2.45, 2.75) is 36.2 Å². The summed E-state index contributed by atoms with van der Waals surface area (Å²) < 4.78 is 60.2. The zero-order chi connectivity index (χ0) is 25.3. The molecule has 1 aliphatic carbocycles. The van der Waals surface area contributed by atoms with E-state index in [4.69, 9.17) is 4.74 Å². The van der Waals surface area contributed by atoms with Crippen molar-refractivity contribution in [1.29, 1.82) is 5.26 Å². The van der Waals surface area contributed by atoms with Crippen molar-refractivity contribution in [3.05, 3.63) is 36.2 Å². The highest BCUT2D eigenvalue weighted by atomic mass is 32.2. The monoisotopic (exact) mass is 516 g/mol. The summed E-state index contributed by atoms with van der Waals surface area (Å²) in [6.07, 6.45) is 5.17. The third-order valence-electron chi connectivity index (χ3n) is 6.76. The number of nitriles is 1. The van der Waals surface area contributed by atoms with E-state index in [1.165, 1.54) is 0 Å². The average Bonchev–Trinajstić information content (AvgIpc) is 3.20. The Hall–Kier alpha value is -3.14. The summed E-state index contributed by atoms with van der Waals surface area (Å²) in [5, 5.41) is 10.9. The van der Waals surface area contributed by atoms with Gasteiger partial charge >= 0.3 is 0 Å². The molecule has 9 nitrogen and oxygen atoms in total. The van der Waals surface area contributed by atoms with Gasteiger partial charge in [-0.15, -0.1) is 0 Å². The number of benzene rings is 1. The quantitative estimate of drug-likeness (QED) is 0.489. The minimum absolute atomic E-state index is 0.174. The Labute approximate surface area is 207 Å². The Bertz CT molecular complexity index is 1390. The molecule has 1 saturated carbocycles. The van der Waals surface area contributed by atoms with Crippen molar-refractivity contribution < 1.29 is 21.9 Å². The first-order valence-corrected chi connectivity index (χ1v) is 13.3. The number of ether oxygens (including phenoxy) is 1. The maximum Gasteiger partial charge on any atom is 0.244 e. The molecule has 12 heteroatoms. The van der Waals surface area contributed by atoms with Crippen LogP contribution in [0.3, 0.4) is 0 Å². The van der Waals surface area contributed by atoms with Gasteiger partial charge in [-0.25, -0.2) is 31.9 Å². The summed E-state index contributed by atoms with van der Waals surface area (Å²) in [4.78, 5) is 10.5. The maximum absolute atomic E-state index is 12.8. The SMILES string of the molecule is N#Cc1c(-c2ncc(S(=O)(=O)NC(CF)CF)cn2)n(C2CCC2)c2cc(N3CCOCC3)ccc12. The van der Waals surface area contributed by atoms with Crippen molar-refractivity contribution in [2.24, 2.45) is 0 Å². The van der Waals surface area contributed by atoms with Crippen molar-refractivity contribution in [3.8, 4) is 17.6 Å². The number of halogens is 2. The van der Waals surface area contributed by atoms with Gasteiger partial charge in [-0.3, -0.25) is 0 Å². The predicted molar refractivity (Wildman–Crippen MR) is 130 cm³/mol. The van der Waals surface area contributed by atoms with Crippen LogP contribution in [0.4, 0.5) is 14.5 Å². The van der Waals surface area contributed by atoms with E-state index in [2.05, 4.69) is 31.6 Å². The number of fused-ring (bicyclic) bond motifs is 1. The third kappa shape index (κ3) is 4.42. The van der Waals surface area contributed by atoms with Crippen LogP contribution in [0.5, 0.6) is 0 Å². The Morgan fingerprint density at radius 1 is 1.17 bits per heavy atom. The fraction of sp³-hybridized carbons (Fsp3) is 0.458. The molecule has 0 spiro atoms. The second-order valence-electron chi connectivity index (χ2n) is 8.96. The number of sulfonamides is 1. The second kappa shape index (κ2) is 10.1. The zero-order valence-corrected chi connectivity index (χ0v) is 20.3. The molecule has 0 bridgehead atoms. The van der Waals surface area contributed by atoms with E-state index in [0.29, 0.717) is 24.5 Å². The van der Waals surface area contributed by atoms with E-state index >= 15 is 0 Å². The molecular weight excluding hydrogens is 490 g/mol. The Morgan fingerprint density at radius 3 is 2.44 bits per heavy atom. The molecule has 2 aliphatic rings. The molecule has 2 aromatic heterocycles. The van der Waals surface area contributed by atoms with Crippen LogP contribution in [0.25, 0.3) is 22.4 Å². The lowest BCUT2D eigenvalue weighted by Gasteiger charge is -2.31. The fourth-order valence-electron chi connectivity index (χ4n) is 4.64. The van der Waals surface area contributed by atoms with Gasteiger partial charge in [0.2, 0.25) is 10.0 Å². The number of nitrogens with zero attached hydrogens (tertiary/aromatic N) is 5. The molecule has 5 rings (SSSR count). The molecule has 0 unspecified atom stereocenters. The first-order chi connectivity index (χ1) is 17.5. The number of anilines is 1. The molecule has 1 aliphatic heterocycles. The fourth-order valence-corrected chi connectivity index (χ4v) is 5.73. The van der Waals surface area contributed by atoms with Crippen LogP contribution < -0.4 is 9.62 Å². The second-order valence-corrected chi connectivity index (χ2v) is 10.7. The molecule has 0 atom stereocenters. The van der Waals surface area contributed by atoms with Gasteiger partial charge in [0.25, 0.3) is 0 Å². The molecule has 3 heterocycles. The smallest absolute Gasteiger partial charge is 0.244 e. The lowest BCUT2D eigenvalue weighted by Crippen LogP contribution is -2.38. The van der Waals surface area contributed by atoms with Crippen molar-refractivity contribution in [3.63, 3.8) is 0 Å². The van der Waals surface area contributed by atoms with Crippen LogP contribution in [-0.2, 0) is 14.8 Å². The number of hydrogen-bond donors (Lipinski definition) is 1. The van der Waals surface area contributed by atoms with Crippen molar-refractivity contribution >= 4 is 26.6 Å². The highest BCUT2D eigenvalue weighted by molar-refractivity contribution is 7.89. The summed E-state index contributed by atoms with van der Waals surface area (Å²) in [5.74, 6) is 0.217. The molecule has 0 amide bonds. The summed E-state index contributed by atoms with van der Waals surface area (Å²) in [5.41, 5.74) is 2.92. The molecule has 3 aromatic rings. The molecule has 0 radical (unpaired) electrons. The minimum atomic E-state index is -4.20. The summed E-state index contributed by atoms with van der Waals surface area (Å²) in [7, 11) is -4.20. The van der Waals surface area contributed by atoms with Crippen molar-refractivity contribution in [2.75, 3.05) is 44.6 Å². The van der Waals surface area contributed by atoms with Crippen LogP contribution in [0.15, 0.2) is 35.5 Å². The topological polar surface area (TPSA) is 113 Å². The van der Waals surface area contributed by atoms with Gasteiger partial charge in [0.1, 0.15) is 30.0 Å². The zero-order valence-electron chi connectivity index (χ0n) is 19.5. The van der Waals surface area contributed by atoms with E-state index in [9.17, 15) is 22.5 Å². The summed E-state index contributed by atoms with van der Waals surface area (Å²) in [6, 6.07) is 7.02. The van der Waals surface area contributed by atoms with Crippen LogP contribution in [-0.4, -0.2) is 68.6 Å². The lowest BCUT2D eigenvalue weighted by atomic mass is 9.92. The number of hydrogen-bond acceptors (Lipinski definition) is 7. The van der Waals surface area contributed by atoms with E-state index < -0.39 is 29.4 Å². The molecule has 2 fully saturated rings. The van der Waals surface area contributed by atoms with Gasteiger partial charge in [0, 0.05) is 30.2 Å². The van der Waals surface area contributed by atoms with Crippen LogP contribution in [0.2, 0.25) is 0 Å². The number of aromatic nitrogens is 3. The first-order valence-electron chi connectivity index (χ1n) is 11.8. The molecule has 1 N–H and O–H groups in total. The van der Waals surface area contributed by atoms with Gasteiger partial charge in [0.05, 0.1) is 42.7 Å². The Morgan fingerprint density at radius 2 is 1.86 bits per heavy atom. The summed E-state index contributed by atoms with van der Waals surface area (Å²) in [6.45, 7) is 0.540. The van der Waals surface area contributed by atoms with Gasteiger partial charge in [-0.1, -0.05) is 0 Å². The van der Waals surface area contributed by atoms with Gasteiger partial charge < -0.3 is 14.2 Å². The Kier molecular flexibility index (Phi) is 6.87. The number of nitrogens with one attached hydrogen (secondary N) is 1. The van der Waals surface area contributed by atoms with E-state index in [-0.39, 0.29) is 16.8 Å². The number of rotatable bonds is 8. The molecule has 1 aromatic carbocycles. The standard InChI is InChI=1S/C24H26F2N6O3S/c25-11-16(12-26)30-36(33,34)19-14-28-24(29-15-19)23-21(13-27)20-5-4-18(31-6-8-35-9-7-31)10-22(20)32(23)17-2-1-3-17/h4-5,10,14-17,30H,1-3,6-9,11-12H2. The highest BCUT2D eigenvalue weighted by Gasteiger charge is 2.30. The minimum Gasteiger partial charge on any atom is -0.378 e. The molecular formula is C24H26F2N6O3S. The normalized spacial score (nSPS) is 16.9. The Balaban J connectivity index is 1.59. The number of morpholine rings is 1. The van der Waals surface area contributed by atoms with Crippen LogP contribution in [0.1, 0.15) is 30.9 Å². The summed E-state index contributed by atoms with van der Waals surface area (Å²) >= 11 is 0. The number of alkyl halides is 2. The van der Waals surface area contributed by atoms with Gasteiger partial charge in [-0.05, 0) is 37.5 Å². The van der Waals surface area contributed by atoms with Crippen LogP contribution >= 0.6 is 0 Å². The van der Waals surface area contributed by atoms with Gasteiger partial charge in [-0.2, -0.15) is 5.26 Å². The van der Waals surface area contributed by atoms with E-state index in [1.54, 1.807) is 0 Å². The van der Waals surface area contributed by atoms with E-state index in [0.717, 1.165) is 61.3 Å². The predicted octanol–water partition coefficient (Wildman–Crippen LogP) is 3.12. The maximum atomic E-state index is 12.8.